The summed E-state index contributed by atoms with van der Waals surface area (Å²) >= 11 is 9.55. The van der Waals surface area contributed by atoms with Crippen LogP contribution in [-0.2, 0) is 0 Å². The van der Waals surface area contributed by atoms with Crippen molar-refractivity contribution in [3.8, 4) is 11.1 Å². The third-order valence-corrected chi connectivity index (χ3v) is 7.76. The molecule has 0 saturated carbocycles. The molecule has 202 valence electrons. The zero-order valence-corrected chi connectivity index (χ0v) is 24.6. The molecule has 42 heavy (non-hydrogen) atoms. The van der Waals surface area contributed by atoms with E-state index < -0.39 is 0 Å². The molecule has 0 aliphatic rings. The number of benzene rings is 6. The van der Waals surface area contributed by atoms with Gasteiger partial charge >= 0.3 is 0 Å². The average molecular weight is 577 g/mol. The second-order valence-corrected chi connectivity index (χ2v) is 10.7. The van der Waals surface area contributed by atoms with Gasteiger partial charge in [0.25, 0.3) is 0 Å². The molecule has 0 spiro atoms. The summed E-state index contributed by atoms with van der Waals surface area (Å²) in [5, 5.41) is 0. The van der Waals surface area contributed by atoms with Gasteiger partial charge in [-0.1, -0.05) is 133 Å². The summed E-state index contributed by atoms with van der Waals surface area (Å²) < 4.78 is 0. The summed E-state index contributed by atoms with van der Waals surface area (Å²) in [7, 11) is 0. The molecule has 0 radical (unpaired) electrons. The van der Waals surface area contributed by atoms with Gasteiger partial charge in [-0.2, -0.15) is 0 Å². The van der Waals surface area contributed by atoms with E-state index in [1.807, 2.05) is 97.1 Å². The molecule has 0 aliphatic heterocycles. The number of nitrogens with zero attached hydrogens (tertiary/aromatic N) is 2. The Kier molecular flexibility index (Phi) is 8.46. The molecule has 0 saturated heterocycles. The van der Waals surface area contributed by atoms with Crippen LogP contribution in [-0.4, -0.2) is 11.4 Å². The number of rotatable bonds is 7. The lowest BCUT2D eigenvalue weighted by Crippen LogP contribution is -2.04. The summed E-state index contributed by atoms with van der Waals surface area (Å²) in [5.41, 5.74) is 9.43. The highest BCUT2D eigenvalue weighted by atomic mass is 32.1. The highest BCUT2D eigenvalue weighted by molar-refractivity contribution is 7.80. The Morgan fingerprint density at radius 1 is 0.357 bits per heavy atom. The van der Waals surface area contributed by atoms with Gasteiger partial charge in [0.15, 0.2) is 0 Å². The van der Waals surface area contributed by atoms with E-state index in [4.69, 9.17) is 35.2 Å². The predicted octanol–water partition coefficient (Wildman–Crippen LogP) is 10.3. The Bertz CT molecular complexity index is 1750. The maximum absolute atomic E-state index is 5.29. The Morgan fingerprint density at radius 2 is 0.690 bits per heavy atom. The van der Waals surface area contributed by atoms with E-state index in [9.17, 15) is 0 Å². The van der Waals surface area contributed by atoms with Crippen molar-refractivity contribution in [3.05, 3.63) is 180 Å². The largest absolute Gasteiger partial charge is 0.247 e. The van der Waals surface area contributed by atoms with Gasteiger partial charge in [-0.05, 0) is 24.3 Å². The minimum absolute atomic E-state index is 0.853. The lowest BCUT2D eigenvalue weighted by atomic mass is 9.98. The van der Waals surface area contributed by atoms with Crippen LogP contribution in [0.2, 0.25) is 0 Å². The van der Waals surface area contributed by atoms with Crippen LogP contribution in [0.5, 0.6) is 0 Å². The molecule has 0 fully saturated rings. The molecule has 6 aromatic rings. The molecular formula is C38H28N2S2. The Labute approximate surface area is 258 Å². The molecule has 0 aromatic heterocycles. The third kappa shape index (κ3) is 6.01. The molecule has 0 unspecified atom stereocenters. The van der Waals surface area contributed by atoms with E-state index in [1.165, 1.54) is 0 Å². The van der Waals surface area contributed by atoms with Crippen molar-refractivity contribution in [3.63, 3.8) is 0 Å². The topological polar surface area (TPSA) is 24.7 Å². The molecule has 6 rings (SSSR count). The standard InChI is InChI=1S/C38H28N2S2/c41-35-25-13-9-21-31(35)37(27-15-3-1-4-16-27)39-33-23-11-7-19-29(33)30-20-8-12-24-34(30)40-38(28-17-5-2-6-18-28)32-22-10-14-26-36(32)42/h1-26,41-42H. The molecule has 0 heterocycles. The maximum atomic E-state index is 5.29. The fraction of sp³-hybridized carbons (Fsp3) is 0. The first kappa shape index (κ1) is 27.5. The molecule has 2 nitrogen and oxygen atoms in total. The van der Waals surface area contributed by atoms with Gasteiger partial charge in [-0.3, -0.25) is 0 Å². The molecule has 0 amide bonds. The van der Waals surface area contributed by atoms with E-state index in [1.54, 1.807) is 0 Å². The van der Waals surface area contributed by atoms with E-state index >= 15 is 0 Å². The van der Waals surface area contributed by atoms with Crippen molar-refractivity contribution < 1.29 is 0 Å². The minimum atomic E-state index is 0.853. The first-order valence-corrected chi connectivity index (χ1v) is 14.6. The van der Waals surface area contributed by atoms with Crippen molar-refractivity contribution in [2.24, 2.45) is 9.98 Å². The monoisotopic (exact) mass is 576 g/mol. The Balaban J connectivity index is 1.55. The molecule has 0 aliphatic carbocycles. The summed E-state index contributed by atoms with van der Waals surface area (Å²) in [6, 6.07) is 53.1. The van der Waals surface area contributed by atoms with Crippen LogP contribution in [0.4, 0.5) is 11.4 Å². The first-order valence-electron chi connectivity index (χ1n) is 13.7. The number of hydrogen-bond acceptors (Lipinski definition) is 4. The zero-order chi connectivity index (χ0) is 28.7. The second kappa shape index (κ2) is 12.9. The lowest BCUT2D eigenvalue weighted by molar-refractivity contribution is 1.38. The summed E-state index contributed by atoms with van der Waals surface area (Å²) in [6.07, 6.45) is 0. The SMILES string of the molecule is Sc1ccccc1C(=Nc1ccccc1-c1ccccc1N=C(c1ccccc1)c1ccccc1S)c1ccccc1. The first-order chi connectivity index (χ1) is 20.7. The van der Waals surface area contributed by atoms with Gasteiger partial charge in [0.05, 0.1) is 22.8 Å². The van der Waals surface area contributed by atoms with E-state index in [-0.39, 0.29) is 0 Å². The smallest absolute Gasteiger partial charge is 0.0792 e. The van der Waals surface area contributed by atoms with Crippen LogP contribution in [0, 0.1) is 0 Å². The molecular weight excluding hydrogens is 549 g/mol. The molecule has 0 atom stereocenters. The third-order valence-electron chi connectivity index (χ3n) is 6.98. The molecule has 6 aromatic carbocycles. The maximum Gasteiger partial charge on any atom is 0.0792 e. The van der Waals surface area contributed by atoms with Gasteiger partial charge in [0.2, 0.25) is 0 Å². The highest BCUT2D eigenvalue weighted by Crippen LogP contribution is 2.38. The van der Waals surface area contributed by atoms with Crippen molar-refractivity contribution in [1.82, 2.24) is 0 Å². The summed E-state index contributed by atoms with van der Waals surface area (Å²) in [6.45, 7) is 0. The van der Waals surface area contributed by atoms with Gasteiger partial charge in [0.1, 0.15) is 0 Å². The van der Waals surface area contributed by atoms with Gasteiger partial charge in [0, 0.05) is 43.2 Å². The van der Waals surface area contributed by atoms with Gasteiger partial charge in [-0.15, -0.1) is 25.3 Å². The van der Waals surface area contributed by atoms with Crippen molar-refractivity contribution in [1.29, 1.82) is 0 Å². The number of para-hydroxylation sites is 2. The normalized spacial score (nSPS) is 11.9. The quantitative estimate of drug-likeness (QED) is 0.140. The van der Waals surface area contributed by atoms with Crippen LogP contribution >= 0.6 is 25.3 Å². The number of thiol groups is 2. The lowest BCUT2D eigenvalue weighted by Gasteiger charge is -2.15. The van der Waals surface area contributed by atoms with Crippen LogP contribution in [0.25, 0.3) is 11.1 Å². The fourth-order valence-electron chi connectivity index (χ4n) is 4.94. The van der Waals surface area contributed by atoms with E-state index in [0.29, 0.717) is 0 Å². The Hall–Kier alpha value is -4.64. The minimum Gasteiger partial charge on any atom is -0.247 e. The van der Waals surface area contributed by atoms with Crippen molar-refractivity contribution in [2.75, 3.05) is 0 Å². The van der Waals surface area contributed by atoms with Crippen LogP contribution in [0.15, 0.2) is 178 Å². The highest BCUT2D eigenvalue weighted by Gasteiger charge is 2.16. The molecule has 0 N–H and O–H groups in total. The van der Waals surface area contributed by atoms with Crippen molar-refractivity contribution >= 4 is 48.1 Å². The van der Waals surface area contributed by atoms with Gasteiger partial charge in [-0.25, -0.2) is 9.98 Å². The zero-order valence-electron chi connectivity index (χ0n) is 22.8. The van der Waals surface area contributed by atoms with Crippen LogP contribution in [0.3, 0.4) is 0 Å². The fourth-order valence-corrected chi connectivity index (χ4v) is 5.47. The molecule has 4 heteroatoms. The number of hydrogen-bond donors (Lipinski definition) is 2. The van der Waals surface area contributed by atoms with Crippen LogP contribution < -0.4 is 0 Å². The molecule has 0 bridgehead atoms. The summed E-state index contributed by atoms with van der Waals surface area (Å²) in [5.74, 6) is 0. The van der Waals surface area contributed by atoms with Gasteiger partial charge < -0.3 is 0 Å². The van der Waals surface area contributed by atoms with Crippen molar-refractivity contribution in [2.45, 2.75) is 9.79 Å². The predicted molar refractivity (Wildman–Crippen MR) is 183 cm³/mol. The number of aliphatic imine (C=N–C) groups is 2. The summed E-state index contributed by atoms with van der Waals surface area (Å²) in [4.78, 5) is 12.3. The van der Waals surface area contributed by atoms with E-state index in [2.05, 4.69) is 60.7 Å². The van der Waals surface area contributed by atoms with Crippen LogP contribution in [0.1, 0.15) is 22.3 Å². The van der Waals surface area contributed by atoms with E-state index in [0.717, 1.165) is 66.0 Å². The average Bonchev–Trinajstić information content (AvgIpc) is 3.05. The Morgan fingerprint density at radius 3 is 1.10 bits per heavy atom. The second-order valence-electron chi connectivity index (χ2n) is 9.72.